The highest BCUT2D eigenvalue weighted by Gasteiger charge is 2.00. The number of nitrogens with zero attached hydrogens (tertiary/aromatic N) is 1. The highest BCUT2D eigenvalue weighted by atomic mass is 35.5. The van der Waals surface area contributed by atoms with Crippen molar-refractivity contribution in [3.05, 3.63) is 22.3 Å². The summed E-state index contributed by atoms with van der Waals surface area (Å²) < 4.78 is 0. The molecule has 1 heterocycles. The van der Waals surface area contributed by atoms with Crippen LogP contribution in [0.1, 0.15) is 0 Å². The summed E-state index contributed by atoms with van der Waals surface area (Å²) in [6.07, 6.45) is 1.53. The van der Waals surface area contributed by atoms with Crippen LogP contribution in [0.5, 0.6) is 0 Å². The molecule has 3 nitrogen and oxygen atoms in total. The molecule has 0 amide bonds. The first-order valence-corrected chi connectivity index (χ1v) is 4.24. The van der Waals surface area contributed by atoms with Gasteiger partial charge in [0.2, 0.25) is 0 Å². The van der Waals surface area contributed by atoms with Crippen molar-refractivity contribution < 1.29 is 0 Å². The molecule has 0 aliphatic heterocycles. The van der Waals surface area contributed by atoms with Crippen LogP contribution in [0.15, 0.2) is 12.3 Å². The Labute approximate surface area is 80.9 Å². The van der Waals surface area contributed by atoms with Crippen LogP contribution in [0.2, 0.25) is 10.0 Å². The van der Waals surface area contributed by atoms with E-state index >= 15 is 0 Å². The minimum Gasteiger partial charge on any atom is -0.368 e. The number of hydrogen-bond donors (Lipinski definition) is 2. The molecule has 0 bridgehead atoms. The fraction of sp³-hybridized carbons (Fsp3) is 0.286. The van der Waals surface area contributed by atoms with Gasteiger partial charge in [0.15, 0.2) is 0 Å². The molecule has 12 heavy (non-hydrogen) atoms. The maximum Gasteiger partial charge on any atom is 0.144 e. The van der Waals surface area contributed by atoms with Crippen LogP contribution < -0.4 is 11.1 Å². The van der Waals surface area contributed by atoms with Crippen LogP contribution in [0.3, 0.4) is 0 Å². The summed E-state index contributed by atoms with van der Waals surface area (Å²) in [6.45, 7) is 1.19. The Morgan fingerprint density at radius 2 is 2.25 bits per heavy atom. The van der Waals surface area contributed by atoms with Crippen LogP contribution in [0.4, 0.5) is 5.82 Å². The van der Waals surface area contributed by atoms with Gasteiger partial charge >= 0.3 is 0 Å². The molecule has 0 unspecified atom stereocenters. The Morgan fingerprint density at radius 1 is 1.50 bits per heavy atom. The van der Waals surface area contributed by atoms with Crippen LogP contribution in [-0.2, 0) is 0 Å². The molecule has 1 aromatic heterocycles. The standard InChI is InChI=1S/C7H9Cl2N3/c8-5-3-6(9)7(12-4-5)11-2-1-10/h3-4H,1-2,10H2,(H,11,12). The normalized spacial score (nSPS) is 9.92. The summed E-state index contributed by atoms with van der Waals surface area (Å²) >= 11 is 11.5. The van der Waals surface area contributed by atoms with Crippen LogP contribution in [0, 0.1) is 0 Å². The van der Waals surface area contributed by atoms with Gasteiger partial charge in [0.05, 0.1) is 10.0 Å². The number of anilines is 1. The molecule has 0 radical (unpaired) electrons. The van der Waals surface area contributed by atoms with Gasteiger partial charge in [-0.05, 0) is 6.07 Å². The van der Waals surface area contributed by atoms with Crippen molar-refractivity contribution in [2.75, 3.05) is 18.4 Å². The molecule has 3 N–H and O–H groups in total. The number of nitrogens with two attached hydrogens (primary N) is 1. The zero-order valence-electron chi connectivity index (χ0n) is 6.35. The fourth-order valence-electron chi connectivity index (χ4n) is 0.735. The van der Waals surface area contributed by atoms with Gasteiger partial charge < -0.3 is 11.1 Å². The molecule has 0 saturated heterocycles. The number of nitrogens with one attached hydrogen (secondary N) is 1. The second-order valence-electron chi connectivity index (χ2n) is 2.20. The van der Waals surface area contributed by atoms with Gasteiger partial charge in [0.1, 0.15) is 5.82 Å². The lowest BCUT2D eigenvalue weighted by molar-refractivity contribution is 1.01. The lowest BCUT2D eigenvalue weighted by Crippen LogP contribution is -2.14. The third kappa shape index (κ3) is 2.52. The average molecular weight is 206 g/mol. The summed E-state index contributed by atoms with van der Waals surface area (Å²) in [6, 6.07) is 1.63. The van der Waals surface area contributed by atoms with E-state index in [0.717, 1.165) is 0 Å². The molecule has 0 atom stereocenters. The predicted molar refractivity (Wildman–Crippen MR) is 51.8 cm³/mol. The van der Waals surface area contributed by atoms with Crippen molar-refractivity contribution in [3.8, 4) is 0 Å². The molecule has 0 aliphatic carbocycles. The molecule has 0 fully saturated rings. The number of pyridine rings is 1. The Balaban J connectivity index is 2.72. The number of rotatable bonds is 3. The van der Waals surface area contributed by atoms with E-state index in [-0.39, 0.29) is 0 Å². The van der Waals surface area contributed by atoms with E-state index in [4.69, 9.17) is 28.9 Å². The molecular weight excluding hydrogens is 197 g/mol. The van der Waals surface area contributed by atoms with Gasteiger partial charge in [-0.2, -0.15) is 0 Å². The van der Waals surface area contributed by atoms with E-state index in [1.165, 1.54) is 6.20 Å². The van der Waals surface area contributed by atoms with Crippen molar-refractivity contribution >= 4 is 29.0 Å². The molecule has 66 valence electrons. The summed E-state index contributed by atoms with van der Waals surface area (Å²) in [5, 5.41) is 4.00. The maximum atomic E-state index is 5.81. The minimum absolute atomic E-state index is 0.510. The van der Waals surface area contributed by atoms with E-state index in [0.29, 0.717) is 29.0 Å². The third-order valence-corrected chi connectivity index (χ3v) is 1.74. The Hall–Kier alpha value is -0.510. The van der Waals surface area contributed by atoms with Crippen LogP contribution in [0.25, 0.3) is 0 Å². The third-order valence-electron chi connectivity index (χ3n) is 1.24. The van der Waals surface area contributed by atoms with Crippen LogP contribution in [-0.4, -0.2) is 18.1 Å². The quantitative estimate of drug-likeness (QED) is 0.792. The van der Waals surface area contributed by atoms with E-state index in [2.05, 4.69) is 10.3 Å². The number of hydrogen-bond acceptors (Lipinski definition) is 3. The first-order chi connectivity index (χ1) is 5.74. The topological polar surface area (TPSA) is 50.9 Å². The summed E-state index contributed by atoms with van der Waals surface area (Å²) in [4.78, 5) is 3.98. The van der Waals surface area contributed by atoms with Crippen LogP contribution >= 0.6 is 23.2 Å². The van der Waals surface area contributed by atoms with Gasteiger partial charge in [-0.3, -0.25) is 0 Å². The molecule has 5 heteroatoms. The first-order valence-electron chi connectivity index (χ1n) is 3.49. The predicted octanol–water partition coefficient (Wildman–Crippen LogP) is 1.76. The van der Waals surface area contributed by atoms with E-state index < -0.39 is 0 Å². The summed E-state index contributed by atoms with van der Waals surface area (Å²) in [5.74, 6) is 0.617. The molecule has 0 saturated carbocycles. The van der Waals surface area contributed by atoms with Gasteiger partial charge in [-0.15, -0.1) is 0 Å². The zero-order valence-corrected chi connectivity index (χ0v) is 7.86. The van der Waals surface area contributed by atoms with Crippen molar-refractivity contribution in [1.82, 2.24) is 4.98 Å². The number of halogens is 2. The average Bonchev–Trinajstić information content (AvgIpc) is 2.03. The largest absolute Gasteiger partial charge is 0.368 e. The highest BCUT2D eigenvalue weighted by molar-refractivity contribution is 6.35. The Bertz CT molecular complexity index is 265. The molecule has 1 rings (SSSR count). The second kappa shape index (κ2) is 4.50. The smallest absolute Gasteiger partial charge is 0.144 e. The lowest BCUT2D eigenvalue weighted by Gasteiger charge is -2.04. The molecule has 0 aliphatic rings. The monoisotopic (exact) mass is 205 g/mol. The summed E-state index contributed by atoms with van der Waals surface area (Å²) in [5.41, 5.74) is 5.30. The molecule has 0 spiro atoms. The Kier molecular flexibility index (Phi) is 3.59. The molecule has 1 aromatic rings. The van der Waals surface area contributed by atoms with Crippen molar-refractivity contribution in [1.29, 1.82) is 0 Å². The van der Waals surface area contributed by atoms with E-state index in [1.54, 1.807) is 6.07 Å². The summed E-state index contributed by atoms with van der Waals surface area (Å²) in [7, 11) is 0. The van der Waals surface area contributed by atoms with E-state index in [1.807, 2.05) is 0 Å². The minimum atomic E-state index is 0.510. The fourth-order valence-corrected chi connectivity index (χ4v) is 1.18. The molecule has 0 aromatic carbocycles. The van der Waals surface area contributed by atoms with Gasteiger partial charge in [-0.1, -0.05) is 23.2 Å². The molecular formula is C7H9Cl2N3. The van der Waals surface area contributed by atoms with E-state index in [9.17, 15) is 0 Å². The van der Waals surface area contributed by atoms with Gasteiger partial charge in [-0.25, -0.2) is 4.98 Å². The van der Waals surface area contributed by atoms with Crippen molar-refractivity contribution in [3.63, 3.8) is 0 Å². The van der Waals surface area contributed by atoms with Crippen molar-refractivity contribution in [2.24, 2.45) is 5.73 Å². The first kappa shape index (κ1) is 9.58. The van der Waals surface area contributed by atoms with Gasteiger partial charge in [0.25, 0.3) is 0 Å². The Morgan fingerprint density at radius 3 is 2.83 bits per heavy atom. The lowest BCUT2D eigenvalue weighted by atomic mass is 10.4. The SMILES string of the molecule is NCCNc1ncc(Cl)cc1Cl. The zero-order chi connectivity index (χ0) is 8.97. The second-order valence-corrected chi connectivity index (χ2v) is 3.04. The number of aromatic nitrogens is 1. The van der Waals surface area contributed by atoms with Gasteiger partial charge in [0, 0.05) is 19.3 Å². The highest BCUT2D eigenvalue weighted by Crippen LogP contribution is 2.21. The maximum absolute atomic E-state index is 5.81. The van der Waals surface area contributed by atoms with Crippen molar-refractivity contribution in [2.45, 2.75) is 0 Å².